The maximum Gasteiger partial charge on any atom is 0.237 e. The van der Waals surface area contributed by atoms with Gasteiger partial charge in [-0.25, -0.2) is 0 Å². The summed E-state index contributed by atoms with van der Waals surface area (Å²) in [4.78, 5) is 7.89. The number of thiazole rings is 1. The maximum atomic E-state index is 5.36. The van der Waals surface area contributed by atoms with E-state index in [4.69, 9.17) is 4.74 Å². The van der Waals surface area contributed by atoms with E-state index in [1.54, 1.807) is 18.4 Å². The van der Waals surface area contributed by atoms with Crippen LogP contribution in [0, 0.1) is 0 Å². The van der Waals surface area contributed by atoms with Crippen molar-refractivity contribution in [2.45, 2.75) is 25.4 Å². The molecule has 1 N–H and O–H groups in total. The Morgan fingerprint density at radius 1 is 1.58 bits per heavy atom. The summed E-state index contributed by atoms with van der Waals surface area (Å²) in [5.41, 5.74) is 1.11. The zero-order valence-electron chi connectivity index (χ0n) is 11.4. The number of fused-ring (bicyclic) bond motifs is 1. The molecule has 104 valence electrons. The predicted octanol–water partition coefficient (Wildman–Crippen LogP) is 1.59. The first-order valence-corrected chi connectivity index (χ1v) is 7.57. The number of ether oxygens (including phenoxy) is 1. The average molecular weight is 280 g/mol. The summed E-state index contributed by atoms with van der Waals surface area (Å²) in [5, 5.41) is 5.59. The number of methoxy groups -OCH3 is 1. The monoisotopic (exact) mass is 280 g/mol. The first-order valence-electron chi connectivity index (χ1n) is 6.69. The predicted molar refractivity (Wildman–Crippen MR) is 77.0 cm³/mol. The maximum absolute atomic E-state index is 5.36. The molecule has 1 fully saturated rings. The highest BCUT2D eigenvalue weighted by atomic mass is 32.1. The van der Waals surface area contributed by atoms with E-state index in [-0.39, 0.29) is 0 Å². The van der Waals surface area contributed by atoms with Gasteiger partial charge in [0.1, 0.15) is 5.69 Å². The van der Waals surface area contributed by atoms with Crippen molar-refractivity contribution in [2.24, 2.45) is 0 Å². The summed E-state index contributed by atoms with van der Waals surface area (Å²) in [6, 6.07) is 0.664. The molecule has 0 saturated carbocycles. The highest BCUT2D eigenvalue weighted by Crippen LogP contribution is 2.23. The van der Waals surface area contributed by atoms with Gasteiger partial charge in [0.15, 0.2) is 4.96 Å². The second kappa shape index (κ2) is 5.48. The molecule has 6 heteroatoms. The van der Waals surface area contributed by atoms with E-state index in [2.05, 4.69) is 32.0 Å². The van der Waals surface area contributed by atoms with Gasteiger partial charge in [0.05, 0.1) is 7.11 Å². The topological polar surface area (TPSA) is 41.8 Å². The van der Waals surface area contributed by atoms with Crippen LogP contribution in [-0.2, 0) is 6.54 Å². The van der Waals surface area contributed by atoms with Crippen molar-refractivity contribution in [1.29, 1.82) is 0 Å². The second-order valence-electron chi connectivity index (χ2n) is 5.03. The molecule has 1 aliphatic heterocycles. The lowest BCUT2D eigenvalue weighted by molar-refractivity contribution is 0.299. The van der Waals surface area contributed by atoms with Crippen LogP contribution in [0.15, 0.2) is 11.6 Å². The Kier molecular flexibility index (Phi) is 3.72. The molecule has 0 bridgehead atoms. The Balaban J connectivity index is 1.65. The van der Waals surface area contributed by atoms with Crippen molar-refractivity contribution in [1.82, 2.24) is 19.6 Å². The van der Waals surface area contributed by atoms with Crippen LogP contribution in [-0.4, -0.2) is 47.6 Å². The fourth-order valence-electron chi connectivity index (χ4n) is 2.73. The largest absolute Gasteiger partial charge is 0.480 e. The standard InChI is InChI=1S/C13H20N4OS/c1-16-5-3-4-10(16)8-14-9-11-12(18-2)15-13-17(11)6-7-19-13/h6-7,10,14H,3-5,8-9H2,1-2H3. The fraction of sp³-hybridized carbons (Fsp3) is 0.615. The van der Waals surface area contributed by atoms with Crippen molar-refractivity contribution in [2.75, 3.05) is 27.2 Å². The molecule has 2 aromatic heterocycles. The number of hydrogen-bond donors (Lipinski definition) is 1. The molecular formula is C13H20N4OS. The van der Waals surface area contributed by atoms with E-state index < -0.39 is 0 Å². The number of nitrogens with one attached hydrogen (secondary N) is 1. The first-order chi connectivity index (χ1) is 9.29. The summed E-state index contributed by atoms with van der Waals surface area (Å²) < 4.78 is 7.46. The Bertz CT molecular complexity index is 550. The lowest BCUT2D eigenvalue weighted by Crippen LogP contribution is -2.35. The molecule has 0 aromatic carbocycles. The number of likely N-dealkylation sites (tertiary alicyclic amines) is 1. The molecule has 1 aliphatic rings. The van der Waals surface area contributed by atoms with E-state index >= 15 is 0 Å². The SMILES string of the molecule is COc1nc2sccn2c1CNCC1CCCN1C. The van der Waals surface area contributed by atoms with Crippen molar-refractivity contribution in [3.63, 3.8) is 0 Å². The van der Waals surface area contributed by atoms with E-state index in [0.29, 0.717) is 6.04 Å². The molecular weight excluding hydrogens is 260 g/mol. The molecule has 1 unspecified atom stereocenters. The van der Waals surface area contributed by atoms with E-state index in [1.165, 1.54) is 19.4 Å². The zero-order valence-corrected chi connectivity index (χ0v) is 12.2. The van der Waals surface area contributed by atoms with Crippen LogP contribution >= 0.6 is 11.3 Å². The average Bonchev–Trinajstić information content (AvgIpc) is 3.07. The van der Waals surface area contributed by atoms with Crippen molar-refractivity contribution < 1.29 is 4.74 Å². The van der Waals surface area contributed by atoms with E-state index in [1.807, 2.05) is 6.20 Å². The summed E-state index contributed by atoms with van der Waals surface area (Å²) in [6.45, 7) is 3.04. The molecule has 1 saturated heterocycles. The van der Waals surface area contributed by atoms with Crippen LogP contribution in [0.25, 0.3) is 4.96 Å². The van der Waals surface area contributed by atoms with Gasteiger partial charge >= 0.3 is 0 Å². The molecule has 1 atom stereocenters. The highest BCUT2D eigenvalue weighted by molar-refractivity contribution is 7.15. The van der Waals surface area contributed by atoms with Crippen LogP contribution < -0.4 is 10.1 Å². The number of rotatable bonds is 5. The highest BCUT2D eigenvalue weighted by Gasteiger charge is 2.20. The van der Waals surface area contributed by atoms with Gasteiger partial charge in [0, 0.05) is 30.7 Å². The van der Waals surface area contributed by atoms with Gasteiger partial charge in [-0.2, -0.15) is 4.98 Å². The lowest BCUT2D eigenvalue weighted by atomic mass is 10.2. The van der Waals surface area contributed by atoms with Crippen LogP contribution in [0.5, 0.6) is 5.88 Å². The number of hydrogen-bond acceptors (Lipinski definition) is 5. The third-order valence-corrected chi connectivity index (χ3v) is 4.62. The normalized spacial score (nSPS) is 20.4. The smallest absolute Gasteiger partial charge is 0.237 e. The Morgan fingerprint density at radius 3 is 3.21 bits per heavy atom. The third-order valence-electron chi connectivity index (χ3n) is 3.86. The first kappa shape index (κ1) is 12.9. The zero-order chi connectivity index (χ0) is 13.2. The number of likely N-dealkylation sites (N-methyl/N-ethyl adjacent to an activating group) is 1. The van der Waals surface area contributed by atoms with Gasteiger partial charge < -0.3 is 15.0 Å². The molecule has 0 aliphatic carbocycles. The van der Waals surface area contributed by atoms with Gasteiger partial charge in [0.25, 0.3) is 0 Å². The summed E-state index contributed by atoms with van der Waals surface area (Å²) >= 11 is 1.63. The van der Waals surface area contributed by atoms with Crippen LogP contribution in [0.2, 0.25) is 0 Å². The minimum atomic E-state index is 0.664. The molecule has 0 spiro atoms. The number of imidazole rings is 1. The number of nitrogens with zero attached hydrogens (tertiary/aromatic N) is 3. The lowest BCUT2D eigenvalue weighted by Gasteiger charge is -2.19. The Morgan fingerprint density at radius 2 is 2.47 bits per heavy atom. The van der Waals surface area contributed by atoms with E-state index in [0.717, 1.165) is 29.6 Å². The van der Waals surface area contributed by atoms with Gasteiger partial charge in [-0.1, -0.05) is 0 Å². The minimum Gasteiger partial charge on any atom is -0.480 e. The molecule has 2 aromatic rings. The molecule has 3 heterocycles. The number of aromatic nitrogens is 2. The van der Waals surface area contributed by atoms with E-state index in [9.17, 15) is 0 Å². The van der Waals surface area contributed by atoms with Crippen LogP contribution in [0.4, 0.5) is 0 Å². The van der Waals surface area contributed by atoms with Gasteiger partial charge in [-0.3, -0.25) is 4.40 Å². The molecule has 3 rings (SSSR count). The van der Waals surface area contributed by atoms with Crippen molar-refractivity contribution >= 4 is 16.3 Å². The minimum absolute atomic E-state index is 0.664. The Hall–Kier alpha value is -1.11. The summed E-state index contributed by atoms with van der Waals surface area (Å²) in [6.07, 6.45) is 4.66. The Labute approximate surface area is 117 Å². The van der Waals surface area contributed by atoms with Gasteiger partial charge in [-0.05, 0) is 26.4 Å². The molecule has 0 amide bonds. The quantitative estimate of drug-likeness (QED) is 0.903. The molecule has 5 nitrogen and oxygen atoms in total. The van der Waals surface area contributed by atoms with Crippen molar-refractivity contribution in [3.8, 4) is 5.88 Å². The van der Waals surface area contributed by atoms with Gasteiger partial charge in [0.2, 0.25) is 5.88 Å². The molecule has 0 radical (unpaired) electrons. The third kappa shape index (κ3) is 2.48. The fourth-order valence-corrected chi connectivity index (χ4v) is 3.46. The van der Waals surface area contributed by atoms with Crippen LogP contribution in [0.1, 0.15) is 18.5 Å². The van der Waals surface area contributed by atoms with Gasteiger partial charge in [-0.15, -0.1) is 11.3 Å². The van der Waals surface area contributed by atoms with Crippen molar-refractivity contribution in [3.05, 3.63) is 17.3 Å². The van der Waals surface area contributed by atoms with Crippen LogP contribution in [0.3, 0.4) is 0 Å². The second-order valence-corrected chi connectivity index (χ2v) is 5.90. The summed E-state index contributed by atoms with van der Waals surface area (Å²) in [7, 11) is 3.89. The summed E-state index contributed by atoms with van der Waals surface area (Å²) in [5.74, 6) is 0.735. The molecule has 19 heavy (non-hydrogen) atoms.